The van der Waals surface area contributed by atoms with E-state index < -0.39 is 0 Å². The van der Waals surface area contributed by atoms with E-state index in [1.165, 1.54) is 0 Å². The number of hydrogen-bond donors (Lipinski definition) is 1. The Morgan fingerprint density at radius 2 is 1.67 bits per heavy atom. The molecule has 3 rings (SSSR count). The van der Waals surface area contributed by atoms with Crippen LogP contribution in [0.3, 0.4) is 0 Å². The van der Waals surface area contributed by atoms with Gasteiger partial charge in [-0.3, -0.25) is 14.6 Å². The number of hydrogen-bond acceptors (Lipinski definition) is 1. The van der Waals surface area contributed by atoms with Crippen molar-refractivity contribution in [1.82, 2.24) is 9.78 Å². The first-order valence-electron chi connectivity index (χ1n) is 7.17. The van der Waals surface area contributed by atoms with E-state index in [0.717, 1.165) is 28.1 Å². The molecule has 1 N–H and O–H groups in total. The van der Waals surface area contributed by atoms with Gasteiger partial charge in [0.25, 0.3) is 5.56 Å². The fourth-order valence-corrected chi connectivity index (χ4v) is 2.69. The third-order valence-corrected chi connectivity index (χ3v) is 3.75. The van der Waals surface area contributed by atoms with Crippen LogP contribution < -0.4 is 5.56 Å². The Morgan fingerprint density at radius 3 is 2.33 bits per heavy atom. The minimum absolute atomic E-state index is 0.0143. The quantitative estimate of drug-likeness (QED) is 0.779. The minimum Gasteiger partial charge on any atom is -0.268 e. The molecule has 0 saturated carbocycles. The summed E-state index contributed by atoms with van der Waals surface area (Å²) in [6, 6.07) is 18.1. The Morgan fingerprint density at radius 1 is 1.00 bits per heavy atom. The molecule has 0 aliphatic heterocycles. The van der Waals surface area contributed by atoms with Gasteiger partial charge in [-0.2, -0.15) is 0 Å². The molecule has 0 radical (unpaired) electrons. The molecular formula is C18H18N2O. The molecule has 0 aliphatic rings. The molecule has 0 spiro atoms. The second-order valence-corrected chi connectivity index (χ2v) is 5.11. The Hall–Kier alpha value is -2.55. The molecule has 0 amide bonds. The first kappa shape index (κ1) is 13.4. The summed E-state index contributed by atoms with van der Waals surface area (Å²) in [5, 5.41) is 2.98. The molecule has 0 atom stereocenters. The maximum atomic E-state index is 12.3. The number of aromatic amines is 1. The SMILES string of the molecule is CCc1c(-c2ccccc2)n(-c2ccccc2C)[nH]c1=O. The number of nitrogens with one attached hydrogen (secondary N) is 1. The van der Waals surface area contributed by atoms with Crippen molar-refractivity contribution in [3.8, 4) is 16.9 Å². The van der Waals surface area contributed by atoms with Crippen LogP contribution in [0.25, 0.3) is 16.9 Å². The van der Waals surface area contributed by atoms with Gasteiger partial charge in [-0.1, -0.05) is 55.5 Å². The third kappa shape index (κ3) is 2.31. The first-order chi connectivity index (χ1) is 10.2. The summed E-state index contributed by atoms with van der Waals surface area (Å²) in [6.07, 6.45) is 0.707. The normalized spacial score (nSPS) is 10.8. The molecule has 21 heavy (non-hydrogen) atoms. The molecule has 2 aromatic carbocycles. The van der Waals surface area contributed by atoms with Crippen molar-refractivity contribution < 1.29 is 0 Å². The van der Waals surface area contributed by atoms with E-state index in [4.69, 9.17) is 0 Å². The van der Waals surface area contributed by atoms with E-state index in [1.807, 2.05) is 73.1 Å². The molecular weight excluding hydrogens is 260 g/mol. The number of benzene rings is 2. The maximum absolute atomic E-state index is 12.3. The van der Waals surface area contributed by atoms with Crippen LogP contribution in [0, 0.1) is 6.92 Å². The molecule has 0 saturated heterocycles. The van der Waals surface area contributed by atoms with Crippen molar-refractivity contribution in [1.29, 1.82) is 0 Å². The first-order valence-corrected chi connectivity index (χ1v) is 7.17. The summed E-state index contributed by atoms with van der Waals surface area (Å²) in [4.78, 5) is 12.3. The topological polar surface area (TPSA) is 37.8 Å². The Labute approximate surface area is 123 Å². The van der Waals surface area contributed by atoms with Gasteiger partial charge in [-0.25, -0.2) is 0 Å². The zero-order valence-electron chi connectivity index (χ0n) is 12.3. The average Bonchev–Trinajstić information content (AvgIpc) is 2.85. The molecule has 0 fully saturated rings. The van der Waals surface area contributed by atoms with Crippen molar-refractivity contribution >= 4 is 0 Å². The summed E-state index contributed by atoms with van der Waals surface area (Å²) >= 11 is 0. The minimum atomic E-state index is -0.0143. The Balaban J connectivity index is 2.33. The van der Waals surface area contributed by atoms with Crippen LogP contribution in [0.4, 0.5) is 0 Å². The van der Waals surface area contributed by atoms with Crippen molar-refractivity contribution in [3.63, 3.8) is 0 Å². The third-order valence-electron chi connectivity index (χ3n) is 3.75. The summed E-state index contributed by atoms with van der Waals surface area (Å²) < 4.78 is 1.91. The molecule has 3 aromatic rings. The number of aryl methyl sites for hydroxylation is 1. The van der Waals surface area contributed by atoms with Gasteiger partial charge in [0.15, 0.2) is 0 Å². The van der Waals surface area contributed by atoms with Crippen LogP contribution in [0.15, 0.2) is 59.4 Å². The lowest BCUT2D eigenvalue weighted by Crippen LogP contribution is -2.07. The molecule has 106 valence electrons. The van der Waals surface area contributed by atoms with E-state index in [0.29, 0.717) is 6.42 Å². The van der Waals surface area contributed by atoms with E-state index in [-0.39, 0.29) is 5.56 Å². The monoisotopic (exact) mass is 278 g/mol. The van der Waals surface area contributed by atoms with Gasteiger partial charge in [0, 0.05) is 11.1 Å². The van der Waals surface area contributed by atoms with Crippen molar-refractivity contribution in [2.75, 3.05) is 0 Å². The highest BCUT2D eigenvalue weighted by atomic mass is 16.1. The second-order valence-electron chi connectivity index (χ2n) is 5.11. The van der Waals surface area contributed by atoms with Gasteiger partial charge < -0.3 is 0 Å². The molecule has 0 unspecified atom stereocenters. The molecule has 1 aromatic heterocycles. The van der Waals surface area contributed by atoms with Gasteiger partial charge in [-0.05, 0) is 25.0 Å². The standard InChI is InChI=1S/C18H18N2O/c1-3-15-17(14-10-5-4-6-11-14)20(19-18(15)21)16-12-8-7-9-13(16)2/h4-12H,3H2,1-2H3,(H,19,21). The molecule has 3 nitrogen and oxygen atoms in total. The fourth-order valence-electron chi connectivity index (χ4n) is 2.69. The second kappa shape index (κ2) is 5.44. The van der Waals surface area contributed by atoms with Gasteiger partial charge in [0.05, 0.1) is 11.4 Å². The molecule has 0 bridgehead atoms. The van der Waals surface area contributed by atoms with Crippen LogP contribution in [0.2, 0.25) is 0 Å². The zero-order chi connectivity index (χ0) is 14.8. The molecule has 1 heterocycles. The summed E-state index contributed by atoms with van der Waals surface area (Å²) in [6.45, 7) is 4.06. The zero-order valence-corrected chi connectivity index (χ0v) is 12.3. The predicted molar refractivity (Wildman–Crippen MR) is 85.9 cm³/mol. The van der Waals surface area contributed by atoms with E-state index >= 15 is 0 Å². The lowest BCUT2D eigenvalue weighted by Gasteiger charge is -2.12. The predicted octanol–water partition coefficient (Wildman–Crippen LogP) is 3.70. The number of rotatable bonds is 3. The van der Waals surface area contributed by atoms with E-state index in [9.17, 15) is 4.79 Å². The Bertz CT molecular complexity index is 813. The average molecular weight is 278 g/mol. The fraction of sp³-hybridized carbons (Fsp3) is 0.167. The number of aromatic nitrogens is 2. The van der Waals surface area contributed by atoms with Gasteiger partial charge in [0.1, 0.15) is 0 Å². The smallest absolute Gasteiger partial charge is 0.268 e. The molecule has 0 aliphatic carbocycles. The lowest BCUT2D eigenvalue weighted by atomic mass is 10.1. The highest BCUT2D eigenvalue weighted by Gasteiger charge is 2.16. The van der Waals surface area contributed by atoms with Crippen LogP contribution in [-0.4, -0.2) is 9.78 Å². The summed E-state index contributed by atoms with van der Waals surface area (Å²) in [7, 11) is 0. The van der Waals surface area contributed by atoms with Gasteiger partial charge in [-0.15, -0.1) is 0 Å². The van der Waals surface area contributed by atoms with Gasteiger partial charge in [0.2, 0.25) is 0 Å². The van der Waals surface area contributed by atoms with Crippen LogP contribution in [0.5, 0.6) is 0 Å². The Kier molecular flexibility index (Phi) is 3.48. The van der Waals surface area contributed by atoms with Crippen LogP contribution >= 0.6 is 0 Å². The maximum Gasteiger partial charge on any atom is 0.268 e. The number of para-hydroxylation sites is 1. The highest BCUT2D eigenvalue weighted by molar-refractivity contribution is 5.66. The summed E-state index contributed by atoms with van der Waals surface area (Å²) in [5.74, 6) is 0. The van der Waals surface area contributed by atoms with Crippen LogP contribution in [-0.2, 0) is 6.42 Å². The van der Waals surface area contributed by atoms with E-state index in [2.05, 4.69) is 5.10 Å². The van der Waals surface area contributed by atoms with Crippen molar-refractivity contribution in [2.45, 2.75) is 20.3 Å². The number of H-pyrrole nitrogens is 1. The lowest BCUT2D eigenvalue weighted by molar-refractivity contribution is 0.864. The summed E-state index contributed by atoms with van der Waals surface area (Å²) in [5.41, 5.74) is 4.95. The van der Waals surface area contributed by atoms with Crippen LogP contribution in [0.1, 0.15) is 18.1 Å². The largest absolute Gasteiger partial charge is 0.268 e. The van der Waals surface area contributed by atoms with Crippen molar-refractivity contribution in [3.05, 3.63) is 76.1 Å². The molecule has 3 heteroatoms. The van der Waals surface area contributed by atoms with Gasteiger partial charge >= 0.3 is 0 Å². The van der Waals surface area contributed by atoms with E-state index in [1.54, 1.807) is 0 Å². The number of nitrogens with zero attached hydrogens (tertiary/aromatic N) is 1. The highest BCUT2D eigenvalue weighted by Crippen LogP contribution is 2.26. The van der Waals surface area contributed by atoms with Crippen molar-refractivity contribution in [2.24, 2.45) is 0 Å².